The normalized spacial score (nSPS) is 16.9. The molecule has 9 heteroatoms. The third-order valence-electron chi connectivity index (χ3n) is 5.97. The summed E-state index contributed by atoms with van der Waals surface area (Å²) in [6.45, 7) is 1.37. The summed E-state index contributed by atoms with van der Waals surface area (Å²) in [6, 6.07) is 12.0. The standard InChI is InChI=1S/C26H30N2O7/c1-32-19-5-2-6-20(14-19)34-16-23(29)18-9-10-24-22(13-18)28(26(31)17-35-24)11-3-8-25(30)27-15-21-7-4-12-33-21/h2,5-6,9-10,13-14,21H,3-4,7-8,11-12,15-17H2,1H3,(H,27,30). The number of ether oxygens (including phenoxy) is 4. The average Bonchev–Trinajstić information content (AvgIpc) is 3.41. The van der Waals surface area contributed by atoms with Crippen LogP contribution < -0.4 is 24.4 Å². The molecule has 1 atom stereocenters. The molecule has 186 valence electrons. The predicted molar refractivity (Wildman–Crippen MR) is 128 cm³/mol. The number of methoxy groups -OCH3 is 1. The Bertz CT molecular complexity index is 1070. The summed E-state index contributed by atoms with van der Waals surface area (Å²) >= 11 is 0. The number of nitrogens with one attached hydrogen (secondary N) is 1. The second kappa shape index (κ2) is 11.7. The van der Waals surface area contributed by atoms with Crippen molar-refractivity contribution >= 4 is 23.3 Å². The number of carbonyl (C=O) groups excluding carboxylic acids is 3. The van der Waals surface area contributed by atoms with Crippen LogP contribution >= 0.6 is 0 Å². The van der Waals surface area contributed by atoms with Crippen molar-refractivity contribution < 1.29 is 33.3 Å². The first kappa shape index (κ1) is 24.5. The van der Waals surface area contributed by atoms with Crippen LogP contribution in [-0.2, 0) is 14.3 Å². The Morgan fingerprint density at radius 2 is 2.03 bits per heavy atom. The van der Waals surface area contributed by atoms with E-state index in [-0.39, 0.29) is 36.9 Å². The minimum absolute atomic E-state index is 0.0694. The molecule has 1 saturated heterocycles. The lowest BCUT2D eigenvalue weighted by Gasteiger charge is -2.29. The van der Waals surface area contributed by atoms with E-state index in [1.165, 1.54) is 0 Å². The second-order valence-electron chi connectivity index (χ2n) is 8.45. The molecular formula is C26H30N2O7. The van der Waals surface area contributed by atoms with Crippen molar-refractivity contribution in [2.45, 2.75) is 31.8 Å². The van der Waals surface area contributed by atoms with Crippen LogP contribution in [0.5, 0.6) is 17.2 Å². The molecule has 1 N–H and O–H groups in total. The molecule has 0 aliphatic carbocycles. The fourth-order valence-corrected chi connectivity index (χ4v) is 4.06. The Labute approximate surface area is 204 Å². The topological polar surface area (TPSA) is 103 Å². The number of Topliss-reactive ketones (excluding diaryl/α,β-unsaturated/α-hetero) is 1. The Morgan fingerprint density at radius 3 is 2.83 bits per heavy atom. The molecule has 2 aromatic carbocycles. The van der Waals surface area contributed by atoms with Crippen LogP contribution in [0.3, 0.4) is 0 Å². The third kappa shape index (κ3) is 6.51. The molecule has 9 nitrogen and oxygen atoms in total. The van der Waals surface area contributed by atoms with Gasteiger partial charge in [-0.2, -0.15) is 0 Å². The minimum atomic E-state index is -0.234. The van der Waals surface area contributed by atoms with Crippen LogP contribution in [0, 0.1) is 0 Å². The molecule has 0 aromatic heterocycles. The van der Waals surface area contributed by atoms with Gasteiger partial charge >= 0.3 is 0 Å². The molecule has 0 saturated carbocycles. The van der Waals surface area contributed by atoms with Crippen molar-refractivity contribution in [3.8, 4) is 17.2 Å². The van der Waals surface area contributed by atoms with Crippen molar-refractivity contribution in [2.75, 3.05) is 44.9 Å². The number of hydrogen-bond donors (Lipinski definition) is 1. The number of carbonyl (C=O) groups is 3. The molecule has 4 rings (SSSR count). The third-order valence-corrected chi connectivity index (χ3v) is 5.97. The zero-order valence-electron chi connectivity index (χ0n) is 19.8. The molecule has 2 aliphatic rings. The first-order valence-electron chi connectivity index (χ1n) is 11.8. The van der Waals surface area contributed by atoms with E-state index in [2.05, 4.69) is 5.32 Å². The van der Waals surface area contributed by atoms with E-state index in [9.17, 15) is 14.4 Å². The van der Waals surface area contributed by atoms with Gasteiger partial charge in [0.2, 0.25) is 5.91 Å². The summed E-state index contributed by atoms with van der Waals surface area (Å²) in [4.78, 5) is 39.1. The minimum Gasteiger partial charge on any atom is -0.497 e. The van der Waals surface area contributed by atoms with Gasteiger partial charge in [-0.15, -0.1) is 0 Å². The van der Waals surface area contributed by atoms with Gasteiger partial charge in [0.25, 0.3) is 5.91 Å². The lowest BCUT2D eigenvalue weighted by Crippen LogP contribution is -2.40. The van der Waals surface area contributed by atoms with Gasteiger partial charge in [-0.05, 0) is 49.6 Å². The molecule has 2 aromatic rings. The number of rotatable bonds is 11. The molecule has 2 heterocycles. The maximum atomic E-state index is 12.8. The summed E-state index contributed by atoms with van der Waals surface area (Å²) in [6.07, 6.45) is 2.86. The Kier molecular flexibility index (Phi) is 8.20. The molecule has 35 heavy (non-hydrogen) atoms. The Balaban J connectivity index is 1.33. The van der Waals surface area contributed by atoms with Gasteiger partial charge in [-0.1, -0.05) is 6.07 Å². The summed E-state index contributed by atoms with van der Waals surface area (Å²) in [7, 11) is 1.56. The maximum Gasteiger partial charge on any atom is 0.265 e. The van der Waals surface area contributed by atoms with Crippen LogP contribution in [0.15, 0.2) is 42.5 Å². The van der Waals surface area contributed by atoms with Gasteiger partial charge in [0, 0.05) is 37.7 Å². The van der Waals surface area contributed by atoms with Crippen LogP contribution in [0.2, 0.25) is 0 Å². The molecule has 0 bridgehead atoms. The number of fused-ring (bicyclic) bond motifs is 1. The highest BCUT2D eigenvalue weighted by Crippen LogP contribution is 2.33. The summed E-state index contributed by atoms with van der Waals surface area (Å²) in [5, 5.41) is 2.89. The number of nitrogens with zero attached hydrogens (tertiary/aromatic N) is 1. The van der Waals surface area contributed by atoms with Crippen LogP contribution in [-0.4, -0.2) is 63.7 Å². The van der Waals surface area contributed by atoms with Crippen LogP contribution in [0.4, 0.5) is 5.69 Å². The SMILES string of the molecule is COc1cccc(OCC(=O)c2ccc3c(c2)N(CCCC(=O)NCC2CCCO2)C(=O)CO3)c1. The van der Waals surface area contributed by atoms with E-state index in [0.29, 0.717) is 54.4 Å². The largest absolute Gasteiger partial charge is 0.497 e. The number of amides is 2. The monoisotopic (exact) mass is 482 g/mol. The van der Waals surface area contributed by atoms with E-state index in [0.717, 1.165) is 19.4 Å². The molecule has 1 unspecified atom stereocenters. The molecule has 1 fully saturated rings. The van der Waals surface area contributed by atoms with Crippen molar-refractivity contribution in [3.05, 3.63) is 48.0 Å². The lowest BCUT2D eigenvalue weighted by molar-refractivity contribution is -0.123. The van der Waals surface area contributed by atoms with Gasteiger partial charge in [-0.3, -0.25) is 14.4 Å². The van der Waals surface area contributed by atoms with E-state index in [1.807, 2.05) is 0 Å². The van der Waals surface area contributed by atoms with Crippen molar-refractivity contribution in [1.82, 2.24) is 5.32 Å². The highest BCUT2D eigenvalue weighted by atomic mass is 16.5. The zero-order valence-corrected chi connectivity index (χ0v) is 19.8. The predicted octanol–water partition coefficient (Wildman–Crippen LogP) is 2.76. The zero-order chi connectivity index (χ0) is 24.6. The smallest absolute Gasteiger partial charge is 0.265 e. The second-order valence-corrected chi connectivity index (χ2v) is 8.45. The molecule has 0 radical (unpaired) electrons. The van der Waals surface area contributed by atoms with Crippen molar-refractivity contribution in [3.63, 3.8) is 0 Å². The number of benzene rings is 2. The highest BCUT2D eigenvalue weighted by molar-refractivity contribution is 6.02. The van der Waals surface area contributed by atoms with Gasteiger partial charge < -0.3 is 29.2 Å². The number of ketones is 1. The molecule has 2 amide bonds. The fourth-order valence-electron chi connectivity index (χ4n) is 4.06. The first-order valence-corrected chi connectivity index (χ1v) is 11.8. The molecule has 2 aliphatic heterocycles. The fraction of sp³-hybridized carbons (Fsp3) is 0.423. The van der Waals surface area contributed by atoms with Gasteiger partial charge in [0.05, 0.1) is 18.9 Å². The maximum absolute atomic E-state index is 12.8. The van der Waals surface area contributed by atoms with E-state index < -0.39 is 0 Å². The first-order chi connectivity index (χ1) is 17.0. The van der Waals surface area contributed by atoms with E-state index in [4.69, 9.17) is 18.9 Å². The average molecular weight is 483 g/mol. The quantitative estimate of drug-likeness (QED) is 0.491. The summed E-state index contributed by atoms with van der Waals surface area (Å²) < 4.78 is 21.8. The Hall–Kier alpha value is -3.59. The van der Waals surface area contributed by atoms with Crippen LogP contribution in [0.25, 0.3) is 0 Å². The Morgan fingerprint density at radius 1 is 1.17 bits per heavy atom. The van der Waals surface area contributed by atoms with Gasteiger partial charge in [0.1, 0.15) is 17.2 Å². The van der Waals surface area contributed by atoms with Crippen molar-refractivity contribution in [1.29, 1.82) is 0 Å². The molecule has 0 spiro atoms. The summed E-state index contributed by atoms with van der Waals surface area (Å²) in [5.41, 5.74) is 0.928. The van der Waals surface area contributed by atoms with Crippen LogP contribution in [0.1, 0.15) is 36.0 Å². The van der Waals surface area contributed by atoms with Gasteiger partial charge in [-0.25, -0.2) is 0 Å². The van der Waals surface area contributed by atoms with E-state index in [1.54, 1.807) is 54.5 Å². The lowest BCUT2D eigenvalue weighted by atomic mass is 10.1. The van der Waals surface area contributed by atoms with Gasteiger partial charge in [0.15, 0.2) is 19.0 Å². The van der Waals surface area contributed by atoms with E-state index >= 15 is 0 Å². The highest BCUT2D eigenvalue weighted by Gasteiger charge is 2.26. The number of anilines is 1. The van der Waals surface area contributed by atoms with Crippen molar-refractivity contribution in [2.24, 2.45) is 0 Å². The number of hydrogen-bond acceptors (Lipinski definition) is 7. The molecular weight excluding hydrogens is 452 g/mol. The summed E-state index contributed by atoms with van der Waals surface area (Å²) in [5.74, 6) is 1.17.